The van der Waals surface area contributed by atoms with Crippen LogP contribution in [0.1, 0.15) is 36.1 Å². The molecule has 5 heteroatoms. The SMILES string of the molecule is Cc1cnn(C[C@@H]2CCCCN2C(=O)Cc2ccc(C)nc2)c1. The van der Waals surface area contributed by atoms with Crippen molar-refractivity contribution < 1.29 is 4.79 Å². The van der Waals surface area contributed by atoms with Crippen molar-refractivity contribution in [1.29, 1.82) is 0 Å². The van der Waals surface area contributed by atoms with Crippen LogP contribution in [0.15, 0.2) is 30.7 Å². The van der Waals surface area contributed by atoms with E-state index in [1.54, 1.807) is 0 Å². The van der Waals surface area contributed by atoms with Gasteiger partial charge in [-0.05, 0) is 50.3 Å². The van der Waals surface area contributed by atoms with Crippen LogP contribution in [0.2, 0.25) is 0 Å². The summed E-state index contributed by atoms with van der Waals surface area (Å²) < 4.78 is 1.96. The van der Waals surface area contributed by atoms with E-state index in [0.29, 0.717) is 6.42 Å². The van der Waals surface area contributed by atoms with Crippen molar-refractivity contribution in [1.82, 2.24) is 19.7 Å². The second kappa shape index (κ2) is 6.94. The molecule has 1 aliphatic rings. The molecular formula is C18H24N4O. The minimum Gasteiger partial charge on any atom is -0.338 e. The molecule has 2 aromatic rings. The van der Waals surface area contributed by atoms with Crippen molar-refractivity contribution in [2.45, 2.75) is 52.1 Å². The summed E-state index contributed by atoms with van der Waals surface area (Å²) in [5.74, 6) is 0.198. The molecule has 0 aliphatic carbocycles. The molecule has 1 fully saturated rings. The number of carbonyl (C=O) groups is 1. The van der Waals surface area contributed by atoms with Gasteiger partial charge in [-0.25, -0.2) is 0 Å². The lowest BCUT2D eigenvalue weighted by Crippen LogP contribution is -2.46. The van der Waals surface area contributed by atoms with Gasteiger partial charge in [-0.2, -0.15) is 5.10 Å². The largest absolute Gasteiger partial charge is 0.338 e. The van der Waals surface area contributed by atoms with Gasteiger partial charge in [0.1, 0.15) is 0 Å². The second-order valence-corrected chi connectivity index (χ2v) is 6.46. The highest BCUT2D eigenvalue weighted by Crippen LogP contribution is 2.20. The van der Waals surface area contributed by atoms with Gasteiger partial charge < -0.3 is 4.90 Å². The standard InChI is InChI=1S/C18H24N4O/c1-14-10-20-21(12-14)13-17-5-3-4-8-22(17)18(23)9-16-7-6-15(2)19-11-16/h6-7,10-12,17H,3-5,8-9,13H2,1-2H3/t17-/m0/s1. The van der Waals surface area contributed by atoms with Gasteiger partial charge in [0.2, 0.25) is 5.91 Å². The van der Waals surface area contributed by atoms with Gasteiger partial charge in [0.05, 0.1) is 25.2 Å². The van der Waals surface area contributed by atoms with Crippen LogP contribution in [0.5, 0.6) is 0 Å². The van der Waals surface area contributed by atoms with Crippen LogP contribution in [-0.4, -0.2) is 38.2 Å². The Balaban J connectivity index is 1.67. The first kappa shape index (κ1) is 15.7. The van der Waals surface area contributed by atoms with Gasteiger partial charge in [-0.1, -0.05) is 6.07 Å². The molecule has 0 N–H and O–H groups in total. The average molecular weight is 312 g/mol. The minimum absolute atomic E-state index is 0.198. The van der Waals surface area contributed by atoms with Crippen LogP contribution in [-0.2, 0) is 17.8 Å². The lowest BCUT2D eigenvalue weighted by atomic mass is 10.0. The summed E-state index contributed by atoms with van der Waals surface area (Å²) in [6.45, 7) is 5.63. The van der Waals surface area contributed by atoms with E-state index in [1.807, 2.05) is 54.2 Å². The Kier molecular flexibility index (Phi) is 4.74. The van der Waals surface area contributed by atoms with Crippen LogP contribution in [0.3, 0.4) is 0 Å². The molecule has 0 spiro atoms. The molecule has 5 nitrogen and oxygen atoms in total. The minimum atomic E-state index is 0.198. The number of aryl methyl sites for hydroxylation is 2. The molecule has 0 saturated carbocycles. The molecule has 3 heterocycles. The third-order valence-electron chi connectivity index (χ3n) is 4.44. The molecule has 0 aromatic carbocycles. The van der Waals surface area contributed by atoms with Crippen molar-refractivity contribution in [3.05, 3.63) is 47.5 Å². The van der Waals surface area contributed by atoms with Gasteiger partial charge in [-0.15, -0.1) is 0 Å². The highest BCUT2D eigenvalue weighted by atomic mass is 16.2. The van der Waals surface area contributed by atoms with E-state index in [9.17, 15) is 4.79 Å². The van der Waals surface area contributed by atoms with E-state index >= 15 is 0 Å². The monoisotopic (exact) mass is 312 g/mol. The molecular weight excluding hydrogens is 288 g/mol. The van der Waals surface area contributed by atoms with Crippen molar-refractivity contribution >= 4 is 5.91 Å². The summed E-state index contributed by atoms with van der Waals surface area (Å²) >= 11 is 0. The zero-order chi connectivity index (χ0) is 16.2. The fraction of sp³-hybridized carbons (Fsp3) is 0.500. The van der Waals surface area contributed by atoms with Crippen LogP contribution in [0.4, 0.5) is 0 Å². The number of piperidine rings is 1. The van der Waals surface area contributed by atoms with Gasteiger partial charge >= 0.3 is 0 Å². The van der Waals surface area contributed by atoms with Crippen molar-refractivity contribution in [2.24, 2.45) is 0 Å². The summed E-state index contributed by atoms with van der Waals surface area (Å²) in [7, 11) is 0. The molecule has 3 rings (SSSR count). The number of carbonyl (C=O) groups excluding carboxylic acids is 1. The first-order valence-electron chi connectivity index (χ1n) is 8.32. The molecule has 1 amide bonds. The van der Waals surface area contributed by atoms with E-state index in [2.05, 4.69) is 10.1 Å². The van der Waals surface area contributed by atoms with Crippen LogP contribution >= 0.6 is 0 Å². The van der Waals surface area contributed by atoms with Crippen molar-refractivity contribution in [2.75, 3.05) is 6.54 Å². The van der Waals surface area contributed by atoms with Crippen LogP contribution in [0, 0.1) is 13.8 Å². The summed E-state index contributed by atoms with van der Waals surface area (Å²) in [5, 5.41) is 4.37. The van der Waals surface area contributed by atoms with E-state index in [0.717, 1.165) is 42.8 Å². The van der Waals surface area contributed by atoms with Gasteiger partial charge in [-0.3, -0.25) is 14.5 Å². The Morgan fingerprint density at radius 3 is 2.83 bits per heavy atom. The lowest BCUT2D eigenvalue weighted by Gasteiger charge is -2.36. The summed E-state index contributed by atoms with van der Waals surface area (Å²) in [6, 6.07) is 4.20. The Bertz CT molecular complexity index is 662. The number of nitrogens with zero attached hydrogens (tertiary/aromatic N) is 4. The van der Waals surface area contributed by atoms with E-state index in [-0.39, 0.29) is 11.9 Å². The van der Waals surface area contributed by atoms with E-state index < -0.39 is 0 Å². The quantitative estimate of drug-likeness (QED) is 0.871. The van der Waals surface area contributed by atoms with Gasteiger partial charge in [0.25, 0.3) is 0 Å². The fourth-order valence-corrected chi connectivity index (χ4v) is 3.18. The third kappa shape index (κ3) is 3.97. The topological polar surface area (TPSA) is 51.0 Å². The third-order valence-corrected chi connectivity index (χ3v) is 4.44. The number of amides is 1. The fourth-order valence-electron chi connectivity index (χ4n) is 3.18. The van der Waals surface area contributed by atoms with Crippen molar-refractivity contribution in [3.8, 4) is 0 Å². The molecule has 0 bridgehead atoms. The number of hydrogen-bond donors (Lipinski definition) is 0. The maximum Gasteiger partial charge on any atom is 0.227 e. The predicted octanol–water partition coefficient (Wildman–Crippen LogP) is 2.52. The predicted molar refractivity (Wildman–Crippen MR) is 89.0 cm³/mol. The molecule has 0 radical (unpaired) electrons. The number of rotatable bonds is 4. The van der Waals surface area contributed by atoms with E-state index in [1.165, 1.54) is 6.42 Å². The average Bonchev–Trinajstić information content (AvgIpc) is 2.95. The zero-order valence-electron chi connectivity index (χ0n) is 13.9. The highest BCUT2D eigenvalue weighted by Gasteiger charge is 2.27. The first-order valence-corrected chi connectivity index (χ1v) is 8.32. The summed E-state index contributed by atoms with van der Waals surface area (Å²) in [4.78, 5) is 19.1. The van der Waals surface area contributed by atoms with Gasteiger partial charge in [0, 0.05) is 24.6 Å². The normalized spacial score (nSPS) is 18.2. The Morgan fingerprint density at radius 2 is 2.13 bits per heavy atom. The number of hydrogen-bond acceptors (Lipinski definition) is 3. The van der Waals surface area contributed by atoms with Crippen LogP contribution < -0.4 is 0 Å². The first-order chi connectivity index (χ1) is 11.1. The number of pyridine rings is 1. The lowest BCUT2D eigenvalue weighted by molar-refractivity contribution is -0.134. The maximum atomic E-state index is 12.7. The second-order valence-electron chi connectivity index (χ2n) is 6.46. The maximum absolute atomic E-state index is 12.7. The molecule has 122 valence electrons. The number of likely N-dealkylation sites (tertiary alicyclic amines) is 1. The number of aromatic nitrogens is 3. The molecule has 2 aromatic heterocycles. The summed E-state index contributed by atoms with van der Waals surface area (Å²) in [5.41, 5.74) is 3.12. The smallest absolute Gasteiger partial charge is 0.227 e. The molecule has 1 saturated heterocycles. The van der Waals surface area contributed by atoms with Gasteiger partial charge in [0.15, 0.2) is 0 Å². The molecule has 23 heavy (non-hydrogen) atoms. The van der Waals surface area contributed by atoms with E-state index in [4.69, 9.17) is 0 Å². The zero-order valence-corrected chi connectivity index (χ0v) is 13.9. The Morgan fingerprint density at radius 1 is 1.26 bits per heavy atom. The highest BCUT2D eigenvalue weighted by molar-refractivity contribution is 5.79. The molecule has 1 atom stereocenters. The Hall–Kier alpha value is -2.17. The Labute approximate surface area is 137 Å². The van der Waals surface area contributed by atoms with Crippen molar-refractivity contribution in [3.63, 3.8) is 0 Å². The summed E-state index contributed by atoms with van der Waals surface area (Å²) in [6.07, 6.45) is 9.48. The molecule has 0 unspecified atom stereocenters. The van der Waals surface area contributed by atoms with Crippen LogP contribution in [0.25, 0.3) is 0 Å². The molecule has 1 aliphatic heterocycles.